The molecule has 5 rings (SSSR count). The highest BCUT2D eigenvalue weighted by molar-refractivity contribution is 6.35. The number of halogens is 2. The van der Waals surface area contributed by atoms with E-state index >= 15 is 0 Å². The first-order chi connectivity index (χ1) is 18.4. The summed E-state index contributed by atoms with van der Waals surface area (Å²) in [5.41, 5.74) is 4.64. The van der Waals surface area contributed by atoms with Crippen LogP contribution in [0.15, 0.2) is 84.1 Å². The molecule has 0 radical (unpaired) electrons. The van der Waals surface area contributed by atoms with Crippen LogP contribution in [0.5, 0.6) is 0 Å². The summed E-state index contributed by atoms with van der Waals surface area (Å²) in [7, 11) is 0. The van der Waals surface area contributed by atoms with Crippen LogP contribution in [0.1, 0.15) is 24.1 Å². The number of hydrogen-bond donors (Lipinski definition) is 2. The summed E-state index contributed by atoms with van der Waals surface area (Å²) in [6, 6.07) is 21.7. The van der Waals surface area contributed by atoms with E-state index in [4.69, 9.17) is 23.2 Å². The molecule has 1 unspecified atom stereocenters. The highest BCUT2D eigenvalue weighted by Crippen LogP contribution is 2.39. The molecule has 9 heteroatoms. The molecule has 0 spiro atoms. The predicted octanol–water partition coefficient (Wildman–Crippen LogP) is 5.16. The zero-order chi connectivity index (χ0) is 26.8. The number of amides is 4. The van der Waals surface area contributed by atoms with Gasteiger partial charge in [-0.3, -0.25) is 14.5 Å². The lowest BCUT2D eigenvalue weighted by Crippen LogP contribution is -2.47. The van der Waals surface area contributed by atoms with Crippen molar-refractivity contribution in [2.75, 3.05) is 19.6 Å². The number of carbonyl (C=O) groups is 3. The number of urea groups is 1. The van der Waals surface area contributed by atoms with Crippen molar-refractivity contribution in [3.63, 3.8) is 0 Å². The van der Waals surface area contributed by atoms with Gasteiger partial charge in [-0.25, -0.2) is 4.79 Å². The van der Waals surface area contributed by atoms with Gasteiger partial charge in [0, 0.05) is 23.1 Å². The maximum atomic E-state index is 13.6. The van der Waals surface area contributed by atoms with Crippen LogP contribution in [-0.4, -0.2) is 47.3 Å². The third-order valence-electron chi connectivity index (χ3n) is 6.80. The van der Waals surface area contributed by atoms with E-state index in [1.807, 2.05) is 61.5 Å². The standard InChI is InChI=1S/C29H26Cl2N4O3/c1-2-35-24-16-34(28(37)26(24)27(33-29(35)38)22-13-12-20(30)14-23(22)31)17-25(36)32-15-19-10-6-7-11-21(19)18-8-4-3-5-9-18/h3-14,27H,2,15-17H2,1H3,(H,32,36)(H,33,38). The molecule has 0 fully saturated rings. The molecule has 3 aromatic carbocycles. The Balaban J connectivity index is 1.32. The summed E-state index contributed by atoms with van der Waals surface area (Å²) in [5.74, 6) is -0.598. The zero-order valence-electron chi connectivity index (χ0n) is 20.7. The Bertz CT molecular complexity index is 1440. The molecule has 0 bridgehead atoms. The summed E-state index contributed by atoms with van der Waals surface area (Å²) in [4.78, 5) is 42.4. The van der Waals surface area contributed by atoms with Gasteiger partial charge in [0.25, 0.3) is 5.91 Å². The molecule has 2 N–H and O–H groups in total. The number of rotatable bonds is 7. The van der Waals surface area contributed by atoms with Gasteiger partial charge in [0.2, 0.25) is 5.91 Å². The number of hydrogen-bond acceptors (Lipinski definition) is 3. The van der Waals surface area contributed by atoms with Gasteiger partial charge in [-0.05, 0) is 41.3 Å². The lowest BCUT2D eigenvalue weighted by Gasteiger charge is -2.33. The lowest BCUT2D eigenvalue weighted by atomic mass is 9.95. The molecule has 1 atom stereocenters. The summed E-state index contributed by atoms with van der Waals surface area (Å²) < 4.78 is 0. The van der Waals surface area contributed by atoms with Crippen molar-refractivity contribution in [3.05, 3.63) is 105 Å². The summed E-state index contributed by atoms with van der Waals surface area (Å²) in [5, 5.41) is 6.64. The van der Waals surface area contributed by atoms with Gasteiger partial charge < -0.3 is 15.5 Å². The Labute approximate surface area is 231 Å². The summed E-state index contributed by atoms with van der Waals surface area (Å²) >= 11 is 12.5. The normalized spacial score (nSPS) is 17.0. The summed E-state index contributed by atoms with van der Waals surface area (Å²) in [6.07, 6.45) is 0. The van der Waals surface area contributed by atoms with Gasteiger partial charge in [-0.15, -0.1) is 0 Å². The number of carbonyl (C=O) groups excluding carboxylic acids is 3. The molecule has 7 nitrogen and oxygen atoms in total. The van der Waals surface area contributed by atoms with Crippen LogP contribution in [0.3, 0.4) is 0 Å². The maximum absolute atomic E-state index is 13.6. The first kappa shape index (κ1) is 25.8. The minimum Gasteiger partial charge on any atom is -0.350 e. The molecule has 3 aromatic rings. The Morgan fingerprint density at radius 1 is 1.03 bits per heavy atom. The SMILES string of the molecule is CCN1C(=O)NC(c2ccc(Cl)cc2Cl)C2=C1CN(CC(=O)NCc1ccccc1-c1ccccc1)C2=O. The highest BCUT2D eigenvalue weighted by Gasteiger charge is 2.44. The fraction of sp³-hybridized carbons (Fsp3) is 0.207. The first-order valence-corrected chi connectivity index (χ1v) is 13.1. The largest absolute Gasteiger partial charge is 0.350 e. The molecular formula is C29H26Cl2N4O3. The van der Waals surface area contributed by atoms with E-state index in [0.29, 0.717) is 40.0 Å². The second-order valence-electron chi connectivity index (χ2n) is 9.11. The van der Waals surface area contributed by atoms with E-state index in [9.17, 15) is 14.4 Å². The average Bonchev–Trinajstić information content (AvgIpc) is 3.23. The smallest absolute Gasteiger partial charge is 0.322 e. The van der Waals surface area contributed by atoms with Crippen LogP contribution in [-0.2, 0) is 16.1 Å². The van der Waals surface area contributed by atoms with Crippen molar-refractivity contribution < 1.29 is 14.4 Å². The van der Waals surface area contributed by atoms with Crippen molar-refractivity contribution in [3.8, 4) is 11.1 Å². The first-order valence-electron chi connectivity index (χ1n) is 12.3. The minimum absolute atomic E-state index is 0.133. The van der Waals surface area contributed by atoms with Crippen molar-refractivity contribution in [1.82, 2.24) is 20.4 Å². The second-order valence-corrected chi connectivity index (χ2v) is 9.96. The van der Waals surface area contributed by atoms with E-state index in [-0.39, 0.29) is 30.9 Å². The molecule has 2 aliphatic heterocycles. The van der Waals surface area contributed by atoms with Crippen LogP contribution in [0.2, 0.25) is 10.0 Å². The van der Waals surface area contributed by atoms with Gasteiger partial charge in [0.15, 0.2) is 0 Å². The molecule has 0 aliphatic carbocycles. The van der Waals surface area contributed by atoms with E-state index < -0.39 is 6.04 Å². The van der Waals surface area contributed by atoms with Crippen molar-refractivity contribution in [2.45, 2.75) is 19.5 Å². The van der Waals surface area contributed by atoms with Crippen molar-refractivity contribution >= 4 is 41.0 Å². The third kappa shape index (κ3) is 4.99. The van der Waals surface area contributed by atoms with Crippen molar-refractivity contribution in [1.29, 1.82) is 0 Å². The van der Waals surface area contributed by atoms with Crippen LogP contribution >= 0.6 is 23.2 Å². The van der Waals surface area contributed by atoms with Crippen LogP contribution in [0, 0.1) is 0 Å². The molecule has 4 amide bonds. The van der Waals surface area contributed by atoms with E-state index in [2.05, 4.69) is 10.6 Å². The van der Waals surface area contributed by atoms with Gasteiger partial charge in [0.05, 0.1) is 23.9 Å². The zero-order valence-corrected chi connectivity index (χ0v) is 22.2. The highest BCUT2D eigenvalue weighted by atomic mass is 35.5. The fourth-order valence-electron chi connectivity index (χ4n) is 4.98. The second kappa shape index (κ2) is 10.9. The molecule has 2 heterocycles. The van der Waals surface area contributed by atoms with Crippen LogP contribution in [0.25, 0.3) is 11.1 Å². The number of nitrogens with zero attached hydrogens (tertiary/aromatic N) is 2. The number of likely N-dealkylation sites (N-methyl/N-ethyl adjacent to an activating group) is 1. The van der Waals surface area contributed by atoms with Gasteiger partial charge in [-0.2, -0.15) is 0 Å². The number of nitrogens with one attached hydrogen (secondary N) is 2. The Kier molecular flexibility index (Phi) is 7.40. The Hall–Kier alpha value is -3.81. The Morgan fingerprint density at radius 2 is 1.76 bits per heavy atom. The van der Waals surface area contributed by atoms with Gasteiger partial charge >= 0.3 is 6.03 Å². The monoisotopic (exact) mass is 548 g/mol. The Morgan fingerprint density at radius 3 is 2.50 bits per heavy atom. The topological polar surface area (TPSA) is 81.8 Å². The summed E-state index contributed by atoms with van der Waals surface area (Å²) in [6.45, 7) is 2.57. The molecule has 0 aromatic heterocycles. The van der Waals surface area contributed by atoms with E-state index in [1.54, 1.807) is 18.2 Å². The van der Waals surface area contributed by atoms with Gasteiger partial charge in [0.1, 0.15) is 6.54 Å². The maximum Gasteiger partial charge on any atom is 0.322 e. The van der Waals surface area contributed by atoms with Crippen molar-refractivity contribution in [2.24, 2.45) is 0 Å². The molecule has 2 aliphatic rings. The fourth-order valence-corrected chi connectivity index (χ4v) is 5.49. The van der Waals surface area contributed by atoms with Crippen LogP contribution < -0.4 is 10.6 Å². The van der Waals surface area contributed by atoms with E-state index in [0.717, 1.165) is 16.7 Å². The lowest BCUT2D eigenvalue weighted by molar-refractivity contribution is -0.132. The number of benzene rings is 3. The molecule has 0 saturated carbocycles. The van der Waals surface area contributed by atoms with Crippen LogP contribution in [0.4, 0.5) is 4.79 Å². The molecular weight excluding hydrogens is 523 g/mol. The quantitative estimate of drug-likeness (QED) is 0.427. The van der Waals surface area contributed by atoms with Gasteiger partial charge in [-0.1, -0.05) is 83.9 Å². The predicted molar refractivity (Wildman–Crippen MR) is 147 cm³/mol. The minimum atomic E-state index is -0.733. The molecule has 0 saturated heterocycles. The van der Waals surface area contributed by atoms with E-state index in [1.165, 1.54) is 9.80 Å². The average molecular weight is 549 g/mol. The third-order valence-corrected chi connectivity index (χ3v) is 7.36. The molecule has 38 heavy (non-hydrogen) atoms. The molecule has 194 valence electrons.